The first-order chi connectivity index (χ1) is 4.61. The second-order valence-electron chi connectivity index (χ2n) is 1.79. The Labute approximate surface area is 62.0 Å². The van der Waals surface area contributed by atoms with Crippen LogP contribution in [0.5, 0.6) is 0 Å². The number of nitrogens with zero attached hydrogens (tertiary/aromatic N) is 2. The normalized spacial score (nSPS) is 9.80. The van der Waals surface area contributed by atoms with Crippen molar-refractivity contribution in [2.75, 3.05) is 0 Å². The summed E-state index contributed by atoms with van der Waals surface area (Å²) < 4.78 is 1.31. The molecule has 1 aromatic rings. The molecule has 0 atom stereocenters. The summed E-state index contributed by atoms with van der Waals surface area (Å²) in [6, 6.07) is 0. The van der Waals surface area contributed by atoms with E-state index in [1.165, 1.54) is 10.9 Å². The van der Waals surface area contributed by atoms with Crippen LogP contribution in [0.25, 0.3) is 0 Å². The largest absolute Gasteiger partial charge is 0.543 e. The molecule has 54 valence electrons. The molecule has 0 amide bonds. The van der Waals surface area contributed by atoms with E-state index in [0.717, 1.165) is 0 Å². The SMILES string of the molecule is Cn1cc(Cl)c(C(=O)[O-])n1. The topological polar surface area (TPSA) is 58.0 Å². The van der Waals surface area contributed by atoms with Gasteiger partial charge in [-0.25, -0.2) is 0 Å². The van der Waals surface area contributed by atoms with Gasteiger partial charge in [0.2, 0.25) is 0 Å². The number of rotatable bonds is 1. The van der Waals surface area contributed by atoms with E-state index >= 15 is 0 Å². The summed E-state index contributed by atoms with van der Waals surface area (Å²) in [7, 11) is 1.58. The van der Waals surface area contributed by atoms with Gasteiger partial charge in [-0.1, -0.05) is 11.6 Å². The summed E-state index contributed by atoms with van der Waals surface area (Å²) >= 11 is 5.44. The van der Waals surface area contributed by atoms with Crippen LogP contribution in [0.15, 0.2) is 6.20 Å². The van der Waals surface area contributed by atoms with Crippen LogP contribution in [-0.4, -0.2) is 15.7 Å². The summed E-state index contributed by atoms with van der Waals surface area (Å²) in [5.41, 5.74) is -0.218. The molecule has 0 aliphatic heterocycles. The molecule has 1 aromatic heterocycles. The summed E-state index contributed by atoms with van der Waals surface area (Å²) in [6.07, 6.45) is 1.40. The Morgan fingerprint density at radius 1 is 1.90 bits per heavy atom. The zero-order valence-corrected chi connectivity index (χ0v) is 5.92. The first-order valence-corrected chi connectivity index (χ1v) is 2.89. The molecular formula is C5H4ClN2O2-. The van der Waals surface area contributed by atoms with Crippen molar-refractivity contribution in [3.63, 3.8) is 0 Å². The van der Waals surface area contributed by atoms with E-state index in [1.54, 1.807) is 7.05 Å². The van der Waals surface area contributed by atoms with Gasteiger partial charge in [0.05, 0.1) is 11.0 Å². The van der Waals surface area contributed by atoms with Gasteiger partial charge in [-0.15, -0.1) is 0 Å². The molecule has 0 unspecified atom stereocenters. The monoisotopic (exact) mass is 159 g/mol. The summed E-state index contributed by atoms with van der Waals surface area (Å²) in [5, 5.41) is 13.8. The zero-order chi connectivity index (χ0) is 7.72. The molecule has 4 nitrogen and oxygen atoms in total. The fourth-order valence-corrected chi connectivity index (χ4v) is 0.854. The number of halogens is 1. The molecule has 0 fully saturated rings. The lowest BCUT2D eigenvalue weighted by Crippen LogP contribution is -2.23. The van der Waals surface area contributed by atoms with E-state index in [9.17, 15) is 9.90 Å². The lowest BCUT2D eigenvalue weighted by Gasteiger charge is -1.94. The van der Waals surface area contributed by atoms with Crippen LogP contribution in [-0.2, 0) is 7.05 Å². The number of hydrogen-bond acceptors (Lipinski definition) is 3. The van der Waals surface area contributed by atoms with Crippen molar-refractivity contribution in [3.8, 4) is 0 Å². The number of carboxylic acid groups (broad SMARTS) is 1. The molecule has 0 spiro atoms. The maximum absolute atomic E-state index is 10.2. The second-order valence-corrected chi connectivity index (χ2v) is 2.19. The number of aromatic nitrogens is 2. The summed E-state index contributed by atoms with van der Waals surface area (Å²) in [5.74, 6) is -1.36. The van der Waals surface area contributed by atoms with Gasteiger partial charge in [-0.2, -0.15) is 5.10 Å². The lowest BCUT2D eigenvalue weighted by atomic mass is 10.4. The Hall–Kier alpha value is -1.03. The molecule has 0 radical (unpaired) electrons. The highest BCUT2D eigenvalue weighted by atomic mass is 35.5. The molecule has 0 N–H and O–H groups in total. The Morgan fingerprint density at radius 3 is 2.70 bits per heavy atom. The number of carbonyl (C=O) groups excluding carboxylic acids is 1. The molecule has 10 heavy (non-hydrogen) atoms. The predicted molar refractivity (Wildman–Crippen MR) is 32.5 cm³/mol. The Bertz CT molecular complexity index is 269. The quantitative estimate of drug-likeness (QED) is 0.552. The van der Waals surface area contributed by atoms with Crippen LogP contribution in [0, 0.1) is 0 Å². The van der Waals surface area contributed by atoms with Crippen LogP contribution in [0.1, 0.15) is 10.5 Å². The smallest absolute Gasteiger partial charge is 0.126 e. The van der Waals surface area contributed by atoms with E-state index in [0.29, 0.717) is 0 Å². The van der Waals surface area contributed by atoms with Crippen molar-refractivity contribution in [1.29, 1.82) is 0 Å². The summed E-state index contributed by atoms with van der Waals surface area (Å²) in [4.78, 5) is 10.2. The minimum Gasteiger partial charge on any atom is -0.543 e. The Kier molecular flexibility index (Phi) is 1.63. The third-order valence-electron chi connectivity index (χ3n) is 0.977. The van der Waals surface area contributed by atoms with E-state index < -0.39 is 5.97 Å². The standard InChI is InChI=1S/C5H5ClN2O2/c1-8-2-3(6)4(7-8)5(9)10/h2H,1H3,(H,9,10)/p-1. The van der Waals surface area contributed by atoms with Gasteiger partial charge in [0, 0.05) is 13.2 Å². The van der Waals surface area contributed by atoms with Gasteiger partial charge in [0.15, 0.2) is 0 Å². The average molecular weight is 160 g/mol. The van der Waals surface area contributed by atoms with Gasteiger partial charge in [-0.3, -0.25) is 4.68 Å². The van der Waals surface area contributed by atoms with E-state index in [1.807, 2.05) is 0 Å². The third-order valence-corrected chi connectivity index (χ3v) is 1.25. The lowest BCUT2D eigenvalue weighted by molar-refractivity contribution is -0.255. The van der Waals surface area contributed by atoms with E-state index in [2.05, 4.69) is 5.10 Å². The highest BCUT2D eigenvalue weighted by Crippen LogP contribution is 2.11. The van der Waals surface area contributed by atoms with Gasteiger partial charge in [0.25, 0.3) is 0 Å². The average Bonchev–Trinajstić information content (AvgIpc) is 2.10. The summed E-state index contributed by atoms with van der Waals surface area (Å²) in [6.45, 7) is 0. The van der Waals surface area contributed by atoms with Crippen LogP contribution in [0.2, 0.25) is 5.02 Å². The molecule has 0 aromatic carbocycles. The number of aromatic carboxylic acids is 1. The van der Waals surface area contributed by atoms with E-state index in [4.69, 9.17) is 11.6 Å². The Balaban J connectivity index is 3.15. The van der Waals surface area contributed by atoms with Gasteiger partial charge < -0.3 is 9.90 Å². The third kappa shape index (κ3) is 1.11. The number of carboxylic acids is 1. The molecule has 0 bridgehead atoms. The first-order valence-electron chi connectivity index (χ1n) is 2.51. The maximum Gasteiger partial charge on any atom is 0.126 e. The molecule has 1 heterocycles. The fourth-order valence-electron chi connectivity index (χ4n) is 0.598. The molecule has 0 saturated heterocycles. The number of hydrogen-bond donors (Lipinski definition) is 0. The van der Waals surface area contributed by atoms with Gasteiger partial charge in [-0.05, 0) is 0 Å². The fraction of sp³-hybridized carbons (Fsp3) is 0.200. The predicted octanol–water partition coefficient (Wildman–Crippen LogP) is -0.563. The second kappa shape index (κ2) is 2.30. The molecule has 0 aliphatic rings. The molecule has 5 heteroatoms. The van der Waals surface area contributed by atoms with Crippen LogP contribution in [0.3, 0.4) is 0 Å². The zero-order valence-electron chi connectivity index (χ0n) is 5.17. The first kappa shape index (κ1) is 7.08. The molecular weight excluding hydrogens is 156 g/mol. The highest BCUT2D eigenvalue weighted by Gasteiger charge is 2.04. The molecule has 1 rings (SSSR count). The van der Waals surface area contributed by atoms with Crippen molar-refractivity contribution < 1.29 is 9.90 Å². The maximum atomic E-state index is 10.2. The van der Waals surface area contributed by atoms with Gasteiger partial charge in [0.1, 0.15) is 5.69 Å². The van der Waals surface area contributed by atoms with Crippen LogP contribution >= 0.6 is 11.6 Å². The van der Waals surface area contributed by atoms with Crippen LogP contribution < -0.4 is 5.11 Å². The van der Waals surface area contributed by atoms with Crippen molar-refractivity contribution in [1.82, 2.24) is 9.78 Å². The Morgan fingerprint density at radius 2 is 2.50 bits per heavy atom. The van der Waals surface area contributed by atoms with Crippen molar-refractivity contribution >= 4 is 17.6 Å². The minimum absolute atomic E-state index is 0.0995. The van der Waals surface area contributed by atoms with E-state index in [-0.39, 0.29) is 10.7 Å². The van der Waals surface area contributed by atoms with Crippen molar-refractivity contribution in [2.45, 2.75) is 0 Å². The number of carbonyl (C=O) groups is 1. The number of aryl methyl sites for hydroxylation is 1. The minimum atomic E-state index is -1.36. The van der Waals surface area contributed by atoms with Crippen molar-refractivity contribution in [3.05, 3.63) is 16.9 Å². The molecule has 0 saturated carbocycles. The molecule has 0 aliphatic carbocycles. The van der Waals surface area contributed by atoms with Crippen LogP contribution in [0.4, 0.5) is 0 Å². The van der Waals surface area contributed by atoms with Crippen molar-refractivity contribution in [2.24, 2.45) is 7.05 Å². The highest BCUT2D eigenvalue weighted by molar-refractivity contribution is 6.33. The van der Waals surface area contributed by atoms with Gasteiger partial charge >= 0.3 is 0 Å².